The largest absolute Gasteiger partial charge is 0.325 e. The molecule has 0 bridgehead atoms. The van der Waals surface area contributed by atoms with Crippen LogP contribution in [0.1, 0.15) is 43.6 Å². The lowest BCUT2D eigenvalue weighted by atomic mass is 10.0. The first-order valence-electron chi connectivity index (χ1n) is 9.65. The molecule has 0 aliphatic carbocycles. The molecule has 3 aromatic rings. The van der Waals surface area contributed by atoms with E-state index in [1.165, 1.54) is 17.3 Å². The molecule has 0 atom stereocenters. The Bertz CT molecular complexity index is 952. The minimum absolute atomic E-state index is 0.0581. The number of hydrogen-bond acceptors (Lipinski definition) is 4. The second-order valence-corrected chi connectivity index (χ2v) is 8.44. The first kappa shape index (κ1) is 21.4. The number of carbonyl (C=O) groups excluding carboxylic acids is 1. The lowest BCUT2D eigenvalue weighted by Gasteiger charge is -2.09. The van der Waals surface area contributed by atoms with Gasteiger partial charge in [0.15, 0.2) is 5.16 Å². The van der Waals surface area contributed by atoms with Crippen molar-refractivity contribution >= 4 is 35.0 Å². The van der Waals surface area contributed by atoms with E-state index in [1.807, 2.05) is 53.1 Å². The van der Waals surface area contributed by atoms with E-state index in [0.29, 0.717) is 17.4 Å². The van der Waals surface area contributed by atoms with Gasteiger partial charge in [-0.2, -0.15) is 0 Å². The van der Waals surface area contributed by atoms with E-state index in [9.17, 15) is 4.79 Å². The second-order valence-electron chi connectivity index (χ2n) is 7.06. The van der Waals surface area contributed by atoms with Crippen LogP contribution in [0, 0.1) is 0 Å². The number of halogens is 1. The minimum Gasteiger partial charge on any atom is -0.325 e. The van der Waals surface area contributed by atoms with Crippen molar-refractivity contribution in [1.82, 2.24) is 14.8 Å². The predicted octanol–water partition coefficient (Wildman–Crippen LogP) is 5.40. The van der Waals surface area contributed by atoms with Crippen LogP contribution in [0.4, 0.5) is 5.69 Å². The van der Waals surface area contributed by atoms with E-state index in [0.717, 1.165) is 28.8 Å². The molecule has 3 rings (SSSR count). The van der Waals surface area contributed by atoms with E-state index in [-0.39, 0.29) is 11.7 Å². The molecular weight excluding hydrogens is 404 g/mol. The number of anilines is 1. The molecule has 0 spiro atoms. The molecule has 0 unspecified atom stereocenters. The van der Waals surface area contributed by atoms with Crippen LogP contribution in [-0.2, 0) is 17.8 Å². The highest BCUT2D eigenvalue weighted by Crippen LogP contribution is 2.21. The maximum absolute atomic E-state index is 12.3. The summed E-state index contributed by atoms with van der Waals surface area (Å²) in [5, 5.41) is 13.0. The van der Waals surface area contributed by atoms with Crippen LogP contribution in [0.3, 0.4) is 0 Å². The van der Waals surface area contributed by atoms with Crippen molar-refractivity contribution in [2.45, 2.75) is 44.8 Å². The predicted molar refractivity (Wildman–Crippen MR) is 120 cm³/mol. The van der Waals surface area contributed by atoms with Gasteiger partial charge in [0.25, 0.3) is 0 Å². The van der Waals surface area contributed by atoms with Gasteiger partial charge in [-0.1, -0.05) is 61.5 Å². The van der Waals surface area contributed by atoms with Crippen LogP contribution in [-0.4, -0.2) is 26.4 Å². The van der Waals surface area contributed by atoms with Crippen molar-refractivity contribution in [3.63, 3.8) is 0 Å². The summed E-state index contributed by atoms with van der Waals surface area (Å²) in [4.78, 5) is 12.3. The van der Waals surface area contributed by atoms with Crippen molar-refractivity contribution in [2.24, 2.45) is 0 Å². The van der Waals surface area contributed by atoms with Crippen molar-refractivity contribution in [1.29, 1.82) is 0 Å². The summed E-state index contributed by atoms with van der Waals surface area (Å²) in [5.41, 5.74) is 3.18. The molecule has 29 heavy (non-hydrogen) atoms. The molecule has 1 N–H and O–H groups in total. The van der Waals surface area contributed by atoms with E-state index in [4.69, 9.17) is 11.6 Å². The number of rotatable bonds is 8. The molecule has 1 aromatic heterocycles. The SMILES string of the molecule is CCn1c(Cc2ccc(Cl)cc2)nnc1SCC(=O)Nc1ccc(C(C)C)cc1. The lowest BCUT2D eigenvalue weighted by Crippen LogP contribution is -2.14. The zero-order chi connectivity index (χ0) is 20.8. The van der Waals surface area contributed by atoms with Crippen molar-refractivity contribution < 1.29 is 4.79 Å². The standard InChI is InChI=1S/C22H25ClN4OS/c1-4-27-20(13-16-5-9-18(23)10-6-16)25-26-22(27)29-14-21(28)24-19-11-7-17(8-12-19)15(2)3/h5-12,15H,4,13-14H2,1-3H3,(H,24,28). The number of benzene rings is 2. The lowest BCUT2D eigenvalue weighted by molar-refractivity contribution is -0.113. The van der Waals surface area contributed by atoms with Gasteiger partial charge in [-0.15, -0.1) is 10.2 Å². The topological polar surface area (TPSA) is 59.8 Å². The van der Waals surface area contributed by atoms with Gasteiger partial charge in [0.1, 0.15) is 5.82 Å². The molecule has 0 aliphatic heterocycles. The van der Waals surface area contributed by atoms with Gasteiger partial charge in [0.2, 0.25) is 5.91 Å². The fourth-order valence-corrected chi connectivity index (χ4v) is 3.88. The Hall–Kier alpha value is -2.31. The molecule has 2 aromatic carbocycles. The zero-order valence-electron chi connectivity index (χ0n) is 16.9. The quantitative estimate of drug-likeness (QED) is 0.488. The minimum atomic E-state index is -0.0581. The Kier molecular flexibility index (Phi) is 7.34. The van der Waals surface area contributed by atoms with Gasteiger partial charge in [-0.3, -0.25) is 4.79 Å². The average molecular weight is 429 g/mol. The maximum Gasteiger partial charge on any atom is 0.234 e. The normalized spacial score (nSPS) is 11.1. The Morgan fingerprint density at radius 3 is 2.41 bits per heavy atom. The number of thioether (sulfide) groups is 1. The number of carbonyl (C=O) groups is 1. The molecule has 5 nitrogen and oxygen atoms in total. The van der Waals surface area contributed by atoms with Crippen molar-refractivity contribution in [3.05, 3.63) is 70.5 Å². The molecule has 0 fully saturated rings. The fourth-order valence-electron chi connectivity index (χ4n) is 2.94. The Balaban J connectivity index is 1.59. The Morgan fingerprint density at radius 1 is 1.10 bits per heavy atom. The number of amides is 1. The van der Waals surface area contributed by atoms with Crippen LogP contribution >= 0.6 is 23.4 Å². The maximum atomic E-state index is 12.3. The first-order chi connectivity index (χ1) is 14.0. The van der Waals surface area contributed by atoms with Crippen LogP contribution in [0.15, 0.2) is 53.7 Å². The Labute approximate surface area is 180 Å². The van der Waals surface area contributed by atoms with Gasteiger partial charge < -0.3 is 9.88 Å². The molecule has 1 amide bonds. The number of hydrogen-bond donors (Lipinski definition) is 1. The fraction of sp³-hybridized carbons (Fsp3) is 0.318. The van der Waals surface area contributed by atoms with Crippen LogP contribution in [0.25, 0.3) is 0 Å². The highest BCUT2D eigenvalue weighted by molar-refractivity contribution is 7.99. The van der Waals surface area contributed by atoms with E-state index in [2.05, 4.69) is 36.3 Å². The molecule has 152 valence electrons. The molecular formula is C22H25ClN4OS. The number of nitrogens with one attached hydrogen (secondary N) is 1. The summed E-state index contributed by atoms with van der Waals surface area (Å²) in [6.07, 6.45) is 0.674. The van der Waals surface area contributed by atoms with Crippen molar-refractivity contribution in [2.75, 3.05) is 11.1 Å². The highest BCUT2D eigenvalue weighted by Gasteiger charge is 2.14. The molecule has 0 saturated heterocycles. The summed E-state index contributed by atoms with van der Waals surface area (Å²) < 4.78 is 2.05. The van der Waals surface area contributed by atoms with Gasteiger partial charge in [-0.05, 0) is 48.2 Å². The smallest absolute Gasteiger partial charge is 0.234 e. The Morgan fingerprint density at radius 2 is 1.79 bits per heavy atom. The summed E-state index contributed by atoms with van der Waals surface area (Å²) >= 11 is 7.35. The second kappa shape index (κ2) is 9.94. The number of nitrogens with zero attached hydrogens (tertiary/aromatic N) is 3. The van der Waals surface area contributed by atoms with Crippen LogP contribution < -0.4 is 5.32 Å². The third kappa shape index (κ3) is 5.84. The highest BCUT2D eigenvalue weighted by atomic mass is 35.5. The third-order valence-corrected chi connectivity index (χ3v) is 5.80. The third-order valence-electron chi connectivity index (χ3n) is 4.58. The number of aromatic nitrogens is 3. The van der Waals surface area contributed by atoms with Gasteiger partial charge >= 0.3 is 0 Å². The first-order valence-corrected chi connectivity index (χ1v) is 11.0. The molecule has 0 radical (unpaired) electrons. The molecule has 0 aliphatic rings. The van der Waals surface area contributed by atoms with Gasteiger partial charge in [-0.25, -0.2) is 0 Å². The van der Waals surface area contributed by atoms with Gasteiger partial charge in [0, 0.05) is 23.7 Å². The van der Waals surface area contributed by atoms with E-state index >= 15 is 0 Å². The summed E-state index contributed by atoms with van der Waals surface area (Å²) in [6, 6.07) is 15.7. The van der Waals surface area contributed by atoms with E-state index < -0.39 is 0 Å². The van der Waals surface area contributed by atoms with Crippen LogP contribution in [0.2, 0.25) is 5.02 Å². The molecule has 7 heteroatoms. The monoisotopic (exact) mass is 428 g/mol. The summed E-state index contributed by atoms with van der Waals surface area (Å²) in [6.45, 7) is 7.09. The molecule has 1 heterocycles. The molecule has 0 saturated carbocycles. The van der Waals surface area contributed by atoms with Crippen molar-refractivity contribution in [3.8, 4) is 0 Å². The van der Waals surface area contributed by atoms with Crippen LogP contribution in [0.5, 0.6) is 0 Å². The average Bonchev–Trinajstić information content (AvgIpc) is 3.10. The van der Waals surface area contributed by atoms with Gasteiger partial charge in [0.05, 0.1) is 5.75 Å². The summed E-state index contributed by atoms with van der Waals surface area (Å²) in [7, 11) is 0. The zero-order valence-corrected chi connectivity index (χ0v) is 18.4. The van der Waals surface area contributed by atoms with E-state index in [1.54, 1.807) is 0 Å². The summed E-state index contributed by atoms with van der Waals surface area (Å²) in [5.74, 6) is 1.57.